The first-order valence-electron chi connectivity index (χ1n) is 5.53. The second-order valence-corrected chi connectivity index (χ2v) is 5.54. The number of fused-ring (bicyclic) bond motifs is 3. The van der Waals surface area contributed by atoms with E-state index in [1.807, 2.05) is 0 Å². The summed E-state index contributed by atoms with van der Waals surface area (Å²) in [5.74, 6) is 0.829. The third kappa shape index (κ3) is 1.51. The quantitative estimate of drug-likeness (QED) is 0.738. The molecule has 0 fully saturated rings. The van der Waals surface area contributed by atoms with Crippen molar-refractivity contribution in [1.82, 2.24) is 4.98 Å². The zero-order chi connectivity index (χ0) is 10.4. The molecule has 0 spiro atoms. The normalized spacial score (nSPS) is 20.5. The van der Waals surface area contributed by atoms with Crippen LogP contribution in [0.3, 0.4) is 0 Å². The van der Waals surface area contributed by atoms with E-state index < -0.39 is 0 Å². The summed E-state index contributed by atoms with van der Waals surface area (Å²) in [5, 5.41) is 1.41. The fourth-order valence-electron chi connectivity index (χ4n) is 2.56. The Bertz CT molecular complexity index is 512. The van der Waals surface area contributed by atoms with Gasteiger partial charge in [0.2, 0.25) is 0 Å². The molecule has 0 radical (unpaired) electrons. The van der Waals surface area contributed by atoms with Gasteiger partial charge in [-0.2, -0.15) is 0 Å². The standard InChI is InChI=1S/C13H14BrN/c1-8-2-4-12-10(6-8)11-7-9(14)3-5-13(11)15-12/h3,5,7-8,15H,2,4,6H2,1H3. The molecular formula is C13H14BrN. The summed E-state index contributed by atoms with van der Waals surface area (Å²) in [6, 6.07) is 6.51. The maximum Gasteiger partial charge on any atom is 0.0459 e. The molecule has 0 aliphatic heterocycles. The van der Waals surface area contributed by atoms with Crippen molar-refractivity contribution < 1.29 is 0 Å². The summed E-state index contributed by atoms with van der Waals surface area (Å²) in [5.41, 5.74) is 4.29. The predicted molar refractivity (Wildman–Crippen MR) is 67.2 cm³/mol. The second-order valence-electron chi connectivity index (χ2n) is 4.62. The topological polar surface area (TPSA) is 15.8 Å². The minimum Gasteiger partial charge on any atom is -0.358 e. The molecule has 1 aromatic heterocycles. The number of H-pyrrole nitrogens is 1. The molecule has 1 heterocycles. The van der Waals surface area contributed by atoms with Crippen LogP contribution in [0.1, 0.15) is 24.6 Å². The number of hydrogen-bond acceptors (Lipinski definition) is 0. The molecule has 1 N–H and O–H groups in total. The zero-order valence-corrected chi connectivity index (χ0v) is 10.4. The van der Waals surface area contributed by atoms with Crippen LogP contribution in [-0.4, -0.2) is 4.98 Å². The van der Waals surface area contributed by atoms with Crippen molar-refractivity contribution in [2.24, 2.45) is 5.92 Å². The van der Waals surface area contributed by atoms with E-state index in [-0.39, 0.29) is 0 Å². The summed E-state index contributed by atoms with van der Waals surface area (Å²) in [6.07, 6.45) is 3.76. The smallest absolute Gasteiger partial charge is 0.0459 e. The van der Waals surface area contributed by atoms with Crippen LogP contribution >= 0.6 is 15.9 Å². The maximum atomic E-state index is 3.55. The first kappa shape index (κ1) is 9.46. The average molecular weight is 264 g/mol. The van der Waals surface area contributed by atoms with Crippen molar-refractivity contribution in [3.05, 3.63) is 33.9 Å². The molecule has 1 atom stereocenters. The van der Waals surface area contributed by atoms with Crippen molar-refractivity contribution in [3.8, 4) is 0 Å². The summed E-state index contributed by atoms with van der Waals surface area (Å²) >= 11 is 3.55. The van der Waals surface area contributed by atoms with Gasteiger partial charge in [0.05, 0.1) is 0 Å². The van der Waals surface area contributed by atoms with Gasteiger partial charge in [0.1, 0.15) is 0 Å². The monoisotopic (exact) mass is 263 g/mol. The van der Waals surface area contributed by atoms with Gasteiger partial charge in [0, 0.05) is 21.1 Å². The lowest BCUT2D eigenvalue weighted by Crippen LogP contribution is -2.09. The van der Waals surface area contributed by atoms with Crippen LogP contribution in [0.4, 0.5) is 0 Å². The first-order valence-corrected chi connectivity index (χ1v) is 6.32. The highest BCUT2D eigenvalue weighted by Crippen LogP contribution is 2.32. The molecule has 2 aromatic rings. The molecule has 1 nitrogen and oxygen atoms in total. The molecule has 0 bridgehead atoms. The molecule has 1 aromatic carbocycles. The van der Waals surface area contributed by atoms with E-state index in [2.05, 4.69) is 46.0 Å². The average Bonchev–Trinajstić information content (AvgIpc) is 2.56. The Kier molecular flexibility index (Phi) is 2.13. The number of rotatable bonds is 0. The van der Waals surface area contributed by atoms with E-state index >= 15 is 0 Å². The summed E-state index contributed by atoms with van der Waals surface area (Å²) in [6.45, 7) is 2.35. The Labute approximate surface area is 98.0 Å². The van der Waals surface area contributed by atoms with E-state index in [1.54, 1.807) is 5.56 Å². The van der Waals surface area contributed by atoms with Crippen molar-refractivity contribution >= 4 is 26.8 Å². The van der Waals surface area contributed by atoms with Gasteiger partial charge in [-0.05, 0) is 48.9 Å². The van der Waals surface area contributed by atoms with E-state index in [0.29, 0.717) is 0 Å². The lowest BCUT2D eigenvalue weighted by Gasteiger charge is -2.18. The largest absolute Gasteiger partial charge is 0.358 e. The summed E-state index contributed by atoms with van der Waals surface area (Å²) in [4.78, 5) is 3.54. The molecule has 2 heteroatoms. The number of benzene rings is 1. The number of aryl methyl sites for hydroxylation is 1. The van der Waals surface area contributed by atoms with Gasteiger partial charge < -0.3 is 4.98 Å². The zero-order valence-electron chi connectivity index (χ0n) is 8.81. The summed E-state index contributed by atoms with van der Waals surface area (Å²) in [7, 11) is 0. The van der Waals surface area contributed by atoms with Crippen molar-refractivity contribution in [2.45, 2.75) is 26.2 Å². The Balaban J connectivity index is 2.25. The Hall–Kier alpha value is -0.760. The molecule has 0 amide bonds. The number of hydrogen-bond donors (Lipinski definition) is 1. The third-order valence-electron chi connectivity index (χ3n) is 3.40. The van der Waals surface area contributed by atoms with Gasteiger partial charge in [0.25, 0.3) is 0 Å². The van der Waals surface area contributed by atoms with E-state index in [9.17, 15) is 0 Å². The van der Waals surface area contributed by atoms with Crippen LogP contribution in [0.2, 0.25) is 0 Å². The molecule has 0 saturated carbocycles. The van der Waals surface area contributed by atoms with Crippen LogP contribution in [0.5, 0.6) is 0 Å². The van der Waals surface area contributed by atoms with Crippen molar-refractivity contribution in [1.29, 1.82) is 0 Å². The lowest BCUT2D eigenvalue weighted by molar-refractivity contribution is 0.499. The molecule has 1 aliphatic rings. The minimum atomic E-state index is 0.829. The van der Waals surface area contributed by atoms with Crippen LogP contribution in [0.15, 0.2) is 22.7 Å². The lowest BCUT2D eigenvalue weighted by atomic mass is 9.88. The number of aromatic amines is 1. The Morgan fingerprint density at radius 1 is 1.40 bits per heavy atom. The predicted octanol–water partition coefficient (Wildman–Crippen LogP) is 4.06. The Morgan fingerprint density at radius 2 is 2.27 bits per heavy atom. The molecule has 78 valence electrons. The SMILES string of the molecule is CC1CCc2[nH]c3ccc(Br)cc3c2C1. The van der Waals surface area contributed by atoms with E-state index in [4.69, 9.17) is 0 Å². The van der Waals surface area contributed by atoms with Gasteiger partial charge >= 0.3 is 0 Å². The molecule has 1 aliphatic carbocycles. The van der Waals surface area contributed by atoms with Crippen LogP contribution < -0.4 is 0 Å². The molecular weight excluding hydrogens is 250 g/mol. The van der Waals surface area contributed by atoms with Crippen LogP contribution in [0.25, 0.3) is 10.9 Å². The molecule has 1 unspecified atom stereocenters. The molecule has 0 saturated heterocycles. The van der Waals surface area contributed by atoms with Crippen molar-refractivity contribution in [3.63, 3.8) is 0 Å². The minimum absolute atomic E-state index is 0.829. The van der Waals surface area contributed by atoms with Gasteiger partial charge in [-0.15, -0.1) is 0 Å². The van der Waals surface area contributed by atoms with Crippen LogP contribution in [-0.2, 0) is 12.8 Å². The first-order chi connectivity index (χ1) is 7.24. The van der Waals surface area contributed by atoms with Crippen LogP contribution in [0, 0.1) is 5.92 Å². The van der Waals surface area contributed by atoms with Gasteiger partial charge in [-0.25, -0.2) is 0 Å². The fourth-order valence-corrected chi connectivity index (χ4v) is 2.92. The highest BCUT2D eigenvalue weighted by molar-refractivity contribution is 9.10. The second kappa shape index (κ2) is 3.38. The third-order valence-corrected chi connectivity index (χ3v) is 3.89. The number of nitrogens with one attached hydrogen (secondary N) is 1. The fraction of sp³-hybridized carbons (Fsp3) is 0.385. The van der Waals surface area contributed by atoms with Crippen molar-refractivity contribution in [2.75, 3.05) is 0 Å². The number of halogens is 1. The summed E-state index contributed by atoms with van der Waals surface area (Å²) < 4.78 is 1.18. The molecule has 15 heavy (non-hydrogen) atoms. The Morgan fingerprint density at radius 3 is 3.13 bits per heavy atom. The highest BCUT2D eigenvalue weighted by atomic mass is 79.9. The van der Waals surface area contributed by atoms with E-state index in [0.717, 1.165) is 5.92 Å². The highest BCUT2D eigenvalue weighted by Gasteiger charge is 2.19. The molecule has 3 rings (SSSR count). The van der Waals surface area contributed by atoms with Gasteiger partial charge in [-0.3, -0.25) is 0 Å². The number of aromatic nitrogens is 1. The maximum absolute atomic E-state index is 3.55. The van der Waals surface area contributed by atoms with E-state index in [1.165, 1.54) is 40.3 Å². The van der Waals surface area contributed by atoms with Gasteiger partial charge in [-0.1, -0.05) is 22.9 Å². The van der Waals surface area contributed by atoms with Gasteiger partial charge in [0.15, 0.2) is 0 Å².